The Labute approximate surface area is 221 Å². The van der Waals surface area contributed by atoms with Gasteiger partial charge in [0.1, 0.15) is 0 Å². The van der Waals surface area contributed by atoms with E-state index in [0.29, 0.717) is 25.7 Å². The van der Waals surface area contributed by atoms with E-state index in [9.17, 15) is 30.0 Å². The second kappa shape index (κ2) is 8.81. The van der Waals surface area contributed by atoms with Crippen LogP contribution in [0.2, 0.25) is 0 Å². The van der Waals surface area contributed by atoms with Crippen LogP contribution in [0.25, 0.3) is 0 Å². The first-order valence-electron chi connectivity index (χ1n) is 13.9. The number of allylic oxidation sites excluding steroid dienone is 3. The van der Waals surface area contributed by atoms with Crippen LogP contribution in [0.15, 0.2) is 35.5 Å². The molecule has 0 aromatic rings. The maximum atomic E-state index is 11.8. The van der Waals surface area contributed by atoms with Crippen LogP contribution in [0.4, 0.5) is 0 Å². The van der Waals surface area contributed by atoms with Gasteiger partial charge in [0.15, 0.2) is 0 Å². The highest BCUT2D eigenvalue weighted by atomic mass is 16.4. The largest absolute Gasteiger partial charge is 0.481 e. The van der Waals surface area contributed by atoms with Gasteiger partial charge >= 0.3 is 11.9 Å². The van der Waals surface area contributed by atoms with E-state index in [4.69, 9.17) is 0 Å². The Kier molecular flexibility index (Phi) is 6.69. The van der Waals surface area contributed by atoms with E-state index < -0.39 is 23.6 Å². The molecule has 6 heteroatoms. The number of carboxylic acids is 2. The molecule has 4 aliphatic carbocycles. The number of aliphatic hydroxyl groups excluding tert-OH is 1. The summed E-state index contributed by atoms with van der Waals surface area (Å²) in [5, 5.41) is 42.3. The molecule has 4 rings (SSSR count). The quantitative estimate of drug-likeness (QED) is 0.230. The number of hydrogen-bond donors (Lipinski definition) is 4. The Balaban J connectivity index is 1.70. The van der Waals surface area contributed by atoms with Crippen LogP contribution in [0.1, 0.15) is 92.9 Å². The van der Waals surface area contributed by atoms with Crippen molar-refractivity contribution in [3.63, 3.8) is 0 Å². The standard InChI is InChI=1S/C31H46O6/c1-18(2)21-16-22(32)25-29(7)20(4)15-23(28(6,37)11-8-9-19(3)26(35)36)27(29,5)13-14-31(25)17-30(21,31)12-10-24(33)34/h9,15,20-22,25,32,37H,1,8,10-14,16-17H2,2-7H3,(H,33,34)(H,35,36)/b19-9-/t20-,21-,22-,25+,27+,28-,29-,30+,31-/m0/s1. The zero-order valence-corrected chi connectivity index (χ0v) is 23.4. The summed E-state index contributed by atoms with van der Waals surface area (Å²) in [5.41, 5.74) is 0.394. The van der Waals surface area contributed by atoms with Crippen molar-refractivity contribution >= 4 is 11.9 Å². The fraction of sp³-hybridized carbons (Fsp3) is 0.742. The Hall–Kier alpha value is -1.92. The molecule has 3 fully saturated rings. The van der Waals surface area contributed by atoms with Gasteiger partial charge in [-0.15, -0.1) is 0 Å². The lowest BCUT2D eigenvalue weighted by Crippen LogP contribution is -2.60. The molecule has 0 aromatic carbocycles. The molecular formula is C31H46O6. The first-order valence-corrected chi connectivity index (χ1v) is 13.9. The molecule has 0 radical (unpaired) electrons. The van der Waals surface area contributed by atoms with Crippen molar-refractivity contribution in [3.8, 4) is 0 Å². The number of aliphatic carboxylic acids is 2. The molecule has 4 aliphatic rings. The summed E-state index contributed by atoms with van der Waals surface area (Å²) in [6.07, 6.45) is 8.40. The van der Waals surface area contributed by atoms with Crippen molar-refractivity contribution in [1.82, 2.24) is 0 Å². The van der Waals surface area contributed by atoms with Crippen LogP contribution in [0.3, 0.4) is 0 Å². The van der Waals surface area contributed by atoms with E-state index in [1.807, 2.05) is 13.8 Å². The van der Waals surface area contributed by atoms with Crippen LogP contribution in [-0.4, -0.2) is 44.1 Å². The van der Waals surface area contributed by atoms with E-state index in [0.717, 1.165) is 30.4 Å². The van der Waals surface area contributed by atoms with Crippen molar-refractivity contribution in [2.45, 2.75) is 105 Å². The first kappa shape index (κ1) is 28.1. The number of carboxylic acid groups (broad SMARTS) is 2. The van der Waals surface area contributed by atoms with E-state index in [-0.39, 0.29) is 51.4 Å². The second-order valence-electron chi connectivity index (χ2n) is 13.6. The fourth-order valence-corrected chi connectivity index (χ4v) is 9.83. The number of fused-ring (bicyclic) bond motifs is 2. The first-order chi connectivity index (χ1) is 17.0. The van der Waals surface area contributed by atoms with Gasteiger partial charge in [-0.3, -0.25) is 4.79 Å². The lowest BCUT2D eigenvalue weighted by atomic mass is 9.41. The highest BCUT2D eigenvalue weighted by Gasteiger charge is 2.82. The topological polar surface area (TPSA) is 115 Å². The predicted molar refractivity (Wildman–Crippen MR) is 143 cm³/mol. The monoisotopic (exact) mass is 514 g/mol. The summed E-state index contributed by atoms with van der Waals surface area (Å²) < 4.78 is 0. The third-order valence-corrected chi connectivity index (χ3v) is 11.9. The molecule has 0 amide bonds. The number of carbonyl (C=O) groups is 2. The molecule has 6 nitrogen and oxygen atoms in total. The van der Waals surface area contributed by atoms with Crippen LogP contribution >= 0.6 is 0 Å². The summed E-state index contributed by atoms with van der Waals surface area (Å²) in [6.45, 7) is 16.5. The minimum absolute atomic E-state index is 0.0110. The number of hydrogen-bond acceptors (Lipinski definition) is 4. The van der Waals surface area contributed by atoms with Gasteiger partial charge in [-0.25, -0.2) is 4.79 Å². The normalized spacial score (nSPS) is 44.1. The molecule has 0 unspecified atom stereocenters. The minimum Gasteiger partial charge on any atom is -0.481 e. The molecule has 0 aromatic heterocycles. The molecular weight excluding hydrogens is 468 g/mol. The number of rotatable bonds is 9. The molecule has 4 N–H and O–H groups in total. The van der Waals surface area contributed by atoms with Gasteiger partial charge in [0.2, 0.25) is 0 Å². The van der Waals surface area contributed by atoms with E-state index in [1.165, 1.54) is 0 Å². The number of aliphatic hydroxyl groups is 2. The highest BCUT2D eigenvalue weighted by Crippen LogP contribution is 2.87. The van der Waals surface area contributed by atoms with Gasteiger partial charge in [-0.2, -0.15) is 0 Å². The van der Waals surface area contributed by atoms with Crippen LogP contribution < -0.4 is 0 Å². The maximum Gasteiger partial charge on any atom is 0.330 e. The summed E-state index contributed by atoms with van der Waals surface area (Å²) >= 11 is 0. The molecule has 0 aliphatic heterocycles. The Morgan fingerprint density at radius 2 is 1.86 bits per heavy atom. The molecule has 1 spiro atoms. The minimum atomic E-state index is -1.09. The van der Waals surface area contributed by atoms with E-state index in [1.54, 1.807) is 13.0 Å². The molecule has 0 saturated heterocycles. The lowest BCUT2D eigenvalue weighted by molar-refractivity contribution is -0.170. The summed E-state index contributed by atoms with van der Waals surface area (Å²) in [5.74, 6) is -1.45. The summed E-state index contributed by atoms with van der Waals surface area (Å²) in [4.78, 5) is 22.8. The average Bonchev–Trinajstić information content (AvgIpc) is 3.40. The van der Waals surface area contributed by atoms with Crippen molar-refractivity contribution in [2.75, 3.05) is 0 Å². The van der Waals surface area contributed by atoms with Crippen molar-refractivity contribution in [2.24, 2.45) is 39.4 Å². The van der Waals surface area contributed by atoms with Crippen LogP contribution in [0, 0.1) is 39.4 Å². The Morgan fingerprint density at radius 1 is 1.22 bits per heavy atom. The molecule has 37 heavy (non-hydrogen) atoms. The molecule has 0 heterocycles. The van der Waals surface area contributed by atoms with Crippen molar-refractivity contribution in [3.05, 3.63) is 35.5 Å². The maximum absolute atomic E-state index is 11.8. The van der Waals surface area contributed by atoms with Crippen molar-refractivity contribution < 1.29 is 30.0 Å². The highest BCUT2D eigenvalue weighted by molar-refractivity contribution is 5.85. The van der Waals surface area contributed by atoms with Gasteiger partial charge < -0.3 is 20.4 Å². The zero-order chi connectivity index (χ0) is 27.8. The third-order valence-electron chi connectivity index (χ3n) is 11.9. The average molecular weight is 515 g/mol. The van der Waals surface area contributed by atoms with Gasteiger partial charge in [-0.1, -0.05) is 45.1 Å². The van der Waals surface area contributed by atoms with Crippen molar-refractivity contribution in [1.29, 1.82) is 0 Å². The molecule has 0 bridgehead atoms. The van der Waals surface area contributed by atoms with Gasteiger partial charge in [0.25, 0.3) is 0 Å². The Bertz CT molecular complexity index is 1070. The lowest BCUT2D eigenvalue weighted by Gasteiger charge is -2.63. The molecule has 206 valence electrons. The third kappa shape index (κ3) is 3.80. The zero-order valence-electron chi connectivity index (χ0n) is 23.4. The smallest absolute Gasteiger partial charge is 0.330 e. The van der Waals surface area contributed by atoms with Gasteiger partial charge in [0.05, 0.1) is 11.7 Å². The van der Waals surface area contributed by atoms with Crippen LogP contribution in [0.5, 0.6) is 0 Å². The predicted octanol–water partition coefficient (Wildman–Crippen LogP) is 5.75. The fourth-order valence-electron chi connectivity index (χ4n) is 9.83. The van der Waals surface area contributed by atoms with Gasteiger partial charge in [0, 0.05) is 12.0 Å². The molecule has 9 atom stereocenters. The van der Waals surface area contributed by atoms with E-state index >= 15 is 0 Å². The van der Waals surface area contributed by atoms with E-state index in [2.05, 4.69) is 33.4 Å². The molecule has 3 saturated carbocycles. The second-order valence-corrected chi connectivity index (χ2v) is 13.6. The van der Waals surface area contributed by atoms with Crippen LogP contribution in [-0.2, 0) is 9.59 Å². The summed E-state index contributed by atoms with van der Waals surface area (Å²) in [7, 11) is 0. The Morgan fingerprint density at radius 3 is 2.43 bits per heavy atom. The van der Waals surface area contributed by atoms with Gasteiger partial charge in [-0.05, 0) is 111 Å². The SMILES string of the molecule is C=C(C)[C@@H]1C[C@H](O)[C@H]2[C@]3(CC[C@]4(C)C([C@@](C)(O)CC/C=C(/C)C(=O)O)=C[C@H](C)[C@@]24C)C[C@]13CCC(=O)O. The summed E-state index contributed by atoms with van der Waals surface area (Å²) in [6, 6.07) is 0.